The molecule has 0 radical (unpaired) electrons. The minimum absolute atomic E-state index is 0.856. The molecular weight excluding hydrogens is 120 g/mol. The van der Waals surface area contributed by atoms with E-state index in [0.29, 0.717) is 0 Å². The van der Waals surface area contributed by atoms with Crippen LogP contribution in [0, 0.1) is 18.3 Å². The highest BCUT2D eigenvalue weighted by Gasteiger charge is 2.03. The molecule has 0 spiro atoms. The molecule has 2 atom stereocenters. The third kappa shape index (κ3) is 3.24. The van der Waals surface area contributed by atoms with Gasteiger partial charge in [0.2, 0.25) is 0 Å². The Hall–Kier alpha value is 0. The fourth-order valence-corrected chi connectivity index (χ4v) is 1.41. The van der Waals surface area contributed by atoms with Crippen molar-refractivity contribution >= 4 is 0 Å². The number of hydrogen-bond donors (Lipinski definition) is 0. The van der Waals surface area contributed by atoms with Gasteiger partial charge in [-0.2, -0.15) is 12.3 Å². The fraction of sp³-hybridized carbons (Fsp3) is 0.900. The van der Waals surface area contributed by atoms with E-state index in [2.05, 4.69) is 34.1 Å². The average Bonchev–Trinajstić information content (AvgIpc) is 1.99. The van der Waals surface area contributed by atoms with Gasteiger partial charge in [0, 0.05) is 0 Å². The summed E-state index contributed by atoms with van der Waals surface area (Å²) >= 11 is 0. The van der Waals surface area contributed by atoms with E-state index >= 15 is 0 Å². The number of rotatable bonds is 5. The Morgan fingerprint density at radius 1 is 1.10 bits per heavy atom. The molecule has 0 heteroatoms. The van der Waals surface area contributed by atoms with E-state index in [-0.39, 0.29) is 0 Å². The SMILES string of the molecule is CC[CH-]C(CC)C(C)CC. The van der Waals surface area contributed by atoms with Crippen LogP contribution in [0.3, 0.4) is 0 Å². The van der Waals surface area contributed by atoms with Crippen molar-refractivity contribution in [3.63, 3.8) is 0 Å². The molecule has 0 aliphatic carbocycles. The third-order valence-corrected chi connectivity index (χ3v) is 2.38. The highest BCUT2D eigenvalue weighted by molar-refractivity contribution is 4.77. The van der Waals surface area contributed by atoms with Gasteiger partial charge in [0.15, 0.2) is 0 Å². The first-order valence-corrected chi connectivity index (χ1v) is 4.59. The van der Waals surface area contributed by atoms with Gasteiger partial charge in [-0.05, 0) is 0 Å². The summed E-state index contributed by atoms with van der Waals surface area (Å²) in [6.45, 7) is 9.13. The zero-order valence-electron chi connectivity index (χ0n) is 7.85. The van der Waals surface area contributed by atoms with Crippen molar-refractivity contribution in [2.75, 3.05) is 0 Å². The summed E-state index contributed by atoms with van der Waals surface area (Å²) in [5, 5.41) is 0. The van der Waals surface area contributed by atoms with Gasteiger partial charge in [0.1, 0.15) is 0 Å². The summed E-state index contributed by atoms with van der Waals surface area (Å²) < 4.78 is 0. The molecule has 0 saturated carbocycles. The van der Waals surface area contributed by atoms with Gasteiger partial charge in [-0.25, -0.2) is 0 Å². The maximum absolute atomic E-state index is 2.45. The summed E-state index contributed by atoms with van der Waals surface area (Å²) in [7, 11) is 0. The van der Waals surface area contributed by atoms with Crippen molar-refractivity contribution in [1.82, 2.24) is 0 Å². The Bertz CT molecular complexity index is 66.4. The first-order chi connectivity index (χ1) is 4.76. The van der Waals surface area contributed by atoms with Gasteiger partial charge in [-0.3, -0.25) is 0 Å². The molecule has 0 N–H and O–H groups in total. The van der Waals surface area contributed by atoms with Crippen LogP contribution in [0.15, 0.2) is 0 Å². The van der Waals surface area contributed by atoms with E-state index in [9.17, 15) is 0 Å². The third-order valence-electron chi connectivity index (χ3n) is 2.38. The van der Waals surface area contributed by atoms with Crippen molar-refractivity contribution in [2.45, 2.75) is 47.0 Å². The van der Waals surface area contributed by atoms with Crippen LogP contribution in [0.25, 0.3) is 0 Å². The molecule has 0 nitrogen and oxygen atoms in total. The average molecular weight is 141 g/mol. The van der Waals surface area contributed by atoms with E-state index < -0.39 is 0 Å². The van der Waals surface area contributed by atoms with Crippen molar-refractivity contribution < 1.29 is 0 Å². The van der Waals surface area contributed by atoms with Crippen molar-refractivity contribution in [2.24, 2.45) is 11.8 Å². The maximum Gasteiger partial charge on any atom is -0.0558 e. The van der Waals surface area contributed by atoms with Crippen molar-refractivity contribution in [3.05, 3.63) is 6.42 Å². The molecule has 0 rings (SSSR count). The second-order valence-corrected chi connectivity index (χ2v) is 3.10. The van der Waals surface area contributed by atoms with Crippen molar-refractivity contribution in [3.8, 4) is 0 Å². The largest absolute Gasteiger partial charge is 0.325 e. The molecule has 10 heavy (non-hydrogen) atoms. The predicted molar refractivity (Wildman–Crippen MR) is 47.8 cm³/mol. The zero-order chi connectivity index (χ0) is 7.98. The molecule has 0 aliphatic rings. The van der Waals surface area contributed by atoms with Crippen LogP contribution in [-0.4, -0.2) is 0 Å². The van der Waals surface area contributed by atoms with Crippen LogP contribution in [0.2, 0.25) is 0 Å². The molecule has 0 aromatic carbocycles. The zero-order valence-corrected chi connectivity index (χ0v) is 7.85. The van der Waals surface area contributed by atoms with E-state index in [1.54, 1.807) is 0 Å². The lowest BCUT2D eigenvalue weighted by Gasteiger charge is -2.29. The molecule has 0 saturated heterocycles. The van der Waals surface area contributed by atoms with Crippen LogP contribution >= 0.6 is 0 Å². The van der Waals surface area contributed by atoms with Crippen LogP contribution in [-0.2, 0) is 0 Å². The first kappa shape index (κ1) is 10.0. The normalized spacial score (nSPS) is 16.8. The van der Waals surface area contributed by atoms with E-state index in [1.807, 2.05) is 0 Å². The Labute approximate surface area is 66.0 Å². The van der Waals surface area contributed by atoms with Crippen LogP contribution in [0.4, 0.5) is 0 Å². The van der Waals surface area contributed by atoms with Gasteiger partial charge < -0.3 is 6.42 Å². The minimum atomic E-state index is 0.856. The summed E-state index contributed by atoms with van der Waals surface area (Å²) in [5.41, 5.74) is 0. The van der Waals surface area contributed by atoms with Gasteiger partial charge >= 0.3 is 0 Å². The molecule has 0 aromatic rings. The molecule has 62 valence electrons. The Morgan fingerprint density at radius 2 is 1.70 bits per heavy atom. The summed E-state index contributed by atoms with van der Waals surface area (Å²) in [4.78, 5) is 0. The lowest BCUT2D eigenvalue weighted by atomic mass is 9.86. The highest BCUT2D eigenvalue weighted by atomic mass is 14.2. The summed E-state index contributed by atoms with van der Waals surface area (Å²) in [5.74, 6) is 1.74. The van der Waals surface area contributed by atoms with Gasteiger partial charge in [0.25, 0.3) is 0 Å². The molecule has 0 aromatic heterocycles. The van der Waals surface area contributed by atoms with E-state index in [0.717, 1.165) is 11.8 Å². The van der Waals surface area contributed by atoms with Gasteiger partial charge in [0.05, 0.1) is 0 Å². The smallest absolute Gasteiger partial charge is 0.0558 e. The Kier molecular flexibility index (Phi) is 5.76. The molecule has 0 aliphatic heterocycles. The van der Waals surface area contributed by atoms with Crippen LogP contribution < -0.4 is 0 Å². The van der Waals surface area contributed by atoms with Gasteiger partial charge in [-0.1, -0.05) is 46.5 Å². The quantitative estimate of drug-likeness (QED) is 0.512. The highest BCUT2D eigenvalue weighted by Crippen LogP contribution is 2.22. The summed E-state index contributed by atoms with van der Waals surface area (Å²) in [6.07, 6.45) is 6.30. The first-order valence-electron chi connectivity index (χ1n) is 4.59. The second-order valence-electron chi connectivity index (χ2n) is 3.10. The lowest BCUT2D eigenvalue weighted by molar-refractivity contribution is 0.376. The molecule has 0 bridgehead atoms. The molecule has 0 amide bonds. The molecule has 0 fully saturated rings. The topological polar surface area (TPSA) is 0 Å². The maximum atomic E-state index is 2.45. The standard InChI is InChI=1S/C10H21/c1-5-8-10(7-3)9(4)6-2/h8-10H,5-7H2,1-4H3/q-1. The predicted octanol–water partition coefficient (Wildman–Crippen LogP) is 3.67. The number of hydrogen-bond acceptors (Lipinski definition) is 0. The monoisotopic (exact) mass is 141 g/mol. The van der Waals surface area contributed by atoms with Crippen LogP contribution in [0.5, 0.6) is 0 Å². The van der Waals surface area contributed by atoms with Crippen molar-refractivity contribution in [1.29, 1.82) is 0 Å². The molecule has 2 unspecified atom stereocenters. The van der Waals surface area contributed by atoms with E-state index in [1.165, 1.54) is 19.3 Å². The Morgan fingerprint density at radius 3 is 2.00 bits per heavy atom. The summed E-state index contributed by atoms with van der Waals surface area (Å²) in [6, 6.07) is 0. The minimum Gasteiger partial charge on any atom is -0.325 e. The van der Waals surface area contributed by atoms with E-state index in [4.69, 9.17) is 0 Å². The Balaban J connectivity index is 3.56. The lowest BCUT2D eigenvalue weighted by Crippen LogP contribution is -2.09. The molecular formula is C10H21-. The fourth-order valence-electron chi connectivity index (χ4n) is 1.41. The van der Waals surface area contributed by atoms with Crippen LogP contribution in [0.1, 0.15) is 47.0 Å². The molecule has 0 heterocycles. The van der Waals surface area contributed by atoms with Gasteiger partial charge in [-0.15, -0.1) is 0 Å². The second kappa shape index (κ2) is 5.76.